The predicted octanol–water partition coefficient (Wildman–Crippen LogP) is 3.38. The minimum absolute atomic E-state index is 0.0151. The summed E-state index contributed by atoms with van der Waals surface area (Å²) in [5.74, 6) is -1.88. The minimum Gasteiger partial charge on any atom is -0.479 e. The number of aromatic nitrogens is 1. The number of nitrogens with zero attached hydrogens (tertiary/aromatic N) is 1. The summed E-state index contributed by atoms with van der Waals surface area (Å²) in [7, 11) is 0. The standard InChI is InChI=1S/C24H23N3O6S/c1-13-20(21(29)25-11-10-19(28)22(30)31)34-23(26-13)27-24(32)33-12-18-16-8-4-2-6-14(16)15-7-3-5-9-17(15)18/h2-9,18-19,28H,10-12H2,1H3,(H,25,29)(H,30,31)(H,26,27,32)/t19-/m0/s1. The Morgan fingerprint density at radius 2 is 1.71 bits per heavy atom. The summed E-state index contributed by atoms with van der Waals surface area (Å²) in [5.41, 5.74) is 4.89. The van der Waals surface area contributed by atoms with E-state index in [2.05, 4.69) is 27.8 Å². The molecule has 0 unspecified atom stereocenters. The van der Waals surface area contributed by atoms with E-state index in [1.807, 2.05) is 36.4 Å². The van der Waals surface area contributed by atoms with E-state index in [0.717, 1.165) is 33.6 Å². The number of benzene rings is 2. The van der Waals surface area contributed by atoms with E-state index < -0.39 is 24.1 Å². The highest BCUT2D eigenvalue weighted by molar-refractivity contribution is 7.17. The lowest BCUT2D eigenvalue weighted by molar-refractivity contribution is -0.146. The number of amides is 2. The number of aliphatic hydroxyl groups excluding tert-OH is 1. The third kappa shape index (κ3) is 4.92. The highest BCUT2D eigenvalue weighted by atomic mass is 32.1. The monoisotopic (exact) mass is 481 g/mol. The molecule has 3 aromatic rings. The molecule has 4 N–H and O–H groups in total. The van der Waals surface area contributed by atoms with Crippen LogP contribution in [0.1, 0.15) is 38.8 Å². The van der Waals surface area contributed by atoms with Gasteiger partial charge in [0.15, 0.2) is 11.2 Å². The molecule has 0 radical (unpaired) electrons. The van der Waals surface area contributed by atoms with Crippen LogP contribution in [0.15, 0.2) is 48.5 Å². The smallest absolute Gasteiger partial charge is 0.413 e. The Labute approximate surface area is 199 Å². The van der Waals surface area contributed by atoms with Crippen molar-refractivity contribution < 1.29 is 29.3 Å². The first-order chi connectivity index (χ1) is 16.3. The van der Waals surface area contributed by atoms with E-state index in [1.165, 1.54) is 0 Å². The van der Waals surface area contributed by atoms with E-state index >= 15 is 0 Å². The Morgan fingerprint density at radius 1 is 1.09 bits per heavy atom. The molecular formula is C24H23N3O6S. The number of aryl methyl sites for hydroxylation is 1. The fraction of sp³-hybridized carbons (Fsp3) is 0.250. The Kier molecular flexibility index (Phi) is 6.90. The van der Waals surface area contributed by atoms with Crippen molar-refractivity contribution in [3.8, 4) is 11.1 Å². The predicted molar refractivity (Wildman–Crippen MR) is 126 cm³/mol. The van der Waals surface area contributed by atoms with Crippen molar-refractivity contribution in [2.75, 3.05) is 18.5 Å². The number of carbonyl (C=O) groups is 3. The molecular weight excluding hydrogens is 458 g/mol. The van der Waals surface area contributed by atoms with Gasteiger partial charge in [0.25, 0.3) is 5.91 Å². The van der Waals surface area contributed by atoms with E-state index in [4.69, 9.17) is 9.84 Å². The van der Waals surface area contributed by atoms with Crippen molar-refractivity contribution >= 4 is 34.4 Å². The first-order valence-electron chi connectivity index (χ1n) is 10.6. The first-order valence-corrected chi connectivity index (χ1v) is 11.4. The van der Waals surface area contributed by atoms with Crippen LogP contribution < -0.4 is 10.6 Å². The Hall–Kier alpha value is -3.76. The van der Waals surface area contributed by atoms with Crippen molar-refractivity contribution in [3.63, 3.8) is 0 Å². The molecule has 0 aliphatic heterocycles. The van der Waals surface area contributed by atoms with Gasteiger partial charge in [-0.05, 0) is 29.2 Å². The Bertz CT molecular complexity index is 1200. The molecule has 1 aromatic heterocycles. The number of aliphatic carboxylic acids is 1. The maximum atomic E-state index is 12.4. The van der Waals surface area contributed by atoms with Gasteiger partial charge in [-0.1, -0.05) is 59.9 Å². The SMILES string of the molecule is Cc1nc(NC(=O)OCC2c3ccccc3-c3ccccc32)sc1C(=O)NCC[C@H](O)C(=O)O. The second kappa shape index (κ2) is 10.0. The highest BCUT2D eigenvalue weighted by Gasteiger charge is 2.29. The molecule has 34 heavy (non-hydrogen) atoms. The van der Waals surface area contributed by atoms with Gasteiger partial charge in [0.2, 0.25) is 0 Å². The lowest BCUT2D eigenvalue weighted by Gasteiger charge is -2.14. The fourth-order valence-corrected chi connectivity index (χ4v) is 4.78. The van der Waals surface area contributed by atoms with Crippen molar-refractivity contribution in [2.45, 2.75) is 25.4 Å². The zero-order valence-corrected chi connectivity index (χ0v) is 19.1. The van der Waals surface area contributed by atoms with Gasteiger partial charge >= 0.3 is 12.1 Å². The summed E-state index contributed by atoms with van der Waals surface area (Å²) in [4.78, 5) is 39.9. The Morgan fingerprint density at radius 3 is 2.32 bits per heavy atom. The molecule has 9 nitrogen and oxygen atoms in total. The molecule has 0 bridgehead atoms. The zero-order chi connectivity index (χ0) is 24.2. The number of hydrogen-bond acceptors (Lipinski definition) is 7. The van der Waals surface area contributed by atoms with E-state index in [9.17, 15) is 19.5 Å². The summed E-state index contributed by atoms with van der Waals surface area (Å²) in [6.07, 6.45) is -2.34. The number of ether oxygens (including phenoxy) is 1. The summed E-state index contributed by atoms with van der Waals surface area (Å²) < 4.78 is 5.50. The molecule has 2 amide bonds. The van der Waals surface area contributed by atoms with Crippen LogP contribution in [-0.4, -0.2) is 52.4 Å². The minimum atomic E-state index is -1.55. The van der Waals surface area contributed by atoms with Gasteiger partial charge in [0.05, 0.1) is 5.69 Å². The maximum Gasteiger partial charge on any atom is 0.413 e. The van der Waals surface area contributed by atoms with Crippen LogP contribution in [0.3, 0.4) is 0 Å². The van der Waals surface area contributed by atoms with E-state index in [-0.39, 0.29) is 35.5 Å². The van der Waals surface area contributed by atoms with Crippen molar-refractivity contribution in [3.05, 3.63) is 70.2 Å². The number of aliphatic hydroxyl groups is 1. The molecule has 2 aromatic carbocycles. The average Bonchev–Trinajstić information content (AvgIpc) is 3.34. The molecule has 10 heteroatoms. The van der Waals surface area contributed by atoms with Crippen LogP contribution in [0.2, 0.25) is 0 Å². The molecule has 176 valence electrons. The number of carboxylic acids is 1. The topological polar surface area (TPSA) is 138 Å². The molecule has 0 saturated carbocycles. The second-order valence-corrected chi connectivity index (χ2v) is 8.78. The number of hydrogen-bond donors (Lipinski definition) is 4. The number of carboxylic acid groups (broad SMARTS) is 1. The highest BCUT2D eigenvalue weighted by Crippen LogP contribution is 2.44. The lowest BCUT2D eigenvalue weighted by Crippen LogP contribution is -2.29. The van der Waals surface area contributed by atoms with Crippen LogP contribution in [0.25, 0.3) is 11.1 Å². The molecule has 1 aliphatic carbocycles. The fourth-order valence-electron chi connectivity index (χ4n) is 3.91. The maximum absolute atomic E-state index is 12.4. The molecule has 1 atom stereocenters. The van der Waals surface area contributed by atoms with Gasteiger partial charge in [-0.3, -0.25) is 10.1 Å². The second-order valence-electron chi connectivity index (χ2n) is 7.78. The Balaban J connectivity index is 1.35. The van der Waals surface area contributed by atoms with Crippen molar-refractivity contribution in [1.82, 2.24) is 10.3 Å². The lowest BCUT2D eigenvalue weighted by atomic mass is 9.98. The van der Waals surface area contributed by atoms with Gasteiger partial charge in [-0.2, -0.15) is 0 Å². The van der Waals surface area contributed by atoms with Crippen LogP contribution >= 0.6 is 11.3 Å². The summed E-state index contributed by atoms with van der Waals surface area (Å²) in [5, 5.41) is 23.3. The van der Waals surface area contributed by atoms with Crippen LogP contribution in [0.5, 0.6) is 0 Å². The first kappa shape index (κ1) is 23.4. The van der Waals surface area contributed by atoms with Crippen LogP contribution in [-0.2, 0) is 9.53 Å². The number of rotatable bonds is 8. The molecule has 0 saturated heterocycles. The summed E-state index contributed by atoms with van der Waals surface area (Å²) in [6.45, 7) is 1.77. The summed E-state index contributed by atoms with van der Waals surface area (Å²) in [6, 6.07) is 16.1. The number of thiazole rings is 1. The van der Waals surface area contributed by atoms with Gasteiger partial charge < -0.3 is 20.3 Å². The van der Waals surface area contributed by atoms with E-state index in [0.29, 0.717) is 5.69 Å². The number of fused-ring (bicyclic) bond motifs is 3. The van der Waals surface area contributed by atoms with Crippen molar-refractivity contribution in [1.29, 1.82) is 0 Å². The molecule has 1 aliphatic rings. The number of nitrogens with one attached hydrogen (secondary N) is 2. The van der Waals surface area contributed by atoms with Gasteiger partial charge in [0, 0.05) is 18.9 Å². The normalized spacial score (nSPS) is 13.0. The molecule has 0 fully saturated rings. The van der Waals surface area contributed by atoms with E-state index in [1.54, 1.807) is 6.92 Å². The summed E-state index contributed by atoms with van der Waals surface area (Å²) >= 11 is 0.982. The molecule has 0 spiro atoms. The molecule has 1 heterocycles. The van der Waals surface area contributed by atoms with Gasteiger partial charge in [-0.25, -0.2) is 14.6 Å². The number of carbonyl (C=O) groups excluding carboxylic acids is 2. The third-order valence-corrected chi connectivity index (χ3v) is 6.62. The van der Waals surface area contributed by atoms with Gasteiger partial charge in [-0.15, -0.1) is 0 Å². The van der Waals surface area contributed by atoms with Gasteiger partial charge in [0.1, 0.15) is 11.5 Å². The van der Waals surface area contributed by atoms with Crippen LogP contribution in [0, 0.1) is 6.92 Å². The van der Waals surface area contributed by atoms with Crippen molar-refractivity contribution in [2.24, 2.45) is 0 Å². The molecule has 4 rings (SSSR count). The third-order valence-electron chi connectivity index (χ3n) is 5.54. The number of anilines is 1. The zero-order valence-electron chi connectivity index (χ0n) is 18.3. The van der Waals surface area contributed by atoms with Crippen LogP contribution in [0.4, 0.5) is 9.93 Å². The largest absolute Gasteiger partial charge is 0.479 e. The average molecular weight is 482 g/mol. The quantitative estimate of drug-likeness (QED) is 0.387.